The molecule has 1 aliphatic rings. The zero-order valence-corrected chi connectivity index (χ0v) is 17.7. The van der Waals surface area contributed by atoms with Gasteiger partial charge in [-0.15, -0.1) is 0 Å². The second kappa shape index (κ2) is 8.08. The summed E-state index contributed by atoms with van der Waals surface area (Å²) < 4.78 is 40.2. The van der Waals surface area contributed by atoms with Crippen LogP contribution in [0, 0.1) is 0 Å². The van der Waals surface area contributed by atoms with E-state index in [1.807, 2.05) is 11.7 Å². The van der Waals surface area contributed by atoms with Gasteiger partial charge < -0.3 is 9.15 Å². The highest BCUT2D eigenvalue weighted by Gasteiger charge is 2.30. The number of nitrogens with zero attached hydrogens (tertiary/aromatic N) is 3. The van der Waals surface area contributed by atoms with Gasteiger partial charge in [0.15, 0.2) is 0 Å². The van der Waals surface area contributed by atoms with E-state index in [-0.39, 0.29) is 23.5 Å². The summed E-state index contributed by atoms with van der Waals surface area (Å²) in [5, 5.41) is 4.58. The summed E-state index contributed by atoms with van der Waals surface area (Å²) in [7, 11) is -0.686. The van der Waals surface area contributed by atoms with Gasteiger partial charge in [-0.05, 0) is 61.2 Å². The number of hydrogen-bond donors (Lipinski definition) is 0. The van der Waals surface area contributed by atoms with Crippen molar-refractivity contribution in [1.29, 1.82) is 0 Å². The van der Waals surface area contributed by atoms with Gasteiger partial charge in [-0.3, -0.25) is 4.68 Å². The van der Waals surface area contributed by atoms with Gasteiger partial charge in [0, 0.05) is 12.7 Å². The second-order valence-corrected chi connectivity index (χ2v) is 9.16. The molecule has 30 heavy (non-hydrogen) atoms. The summed E-state index contributed by atoms with van der Waals surface area (Å²) in [4.78, 5) is 11.8. The standard InChI is InChI=1S/C21H23N3O5S/c1-23-20-7-3-6-18(20)19(22-23)14-24(13-16-5-4-12-29-16)30(26,27)17-10-8-15(9-11-17)21(25)28-2/h4-5,8-12H,3,6-7,13-14H2,1-2H3. The molecule has 0 bridgehead atoms. The quantitative estimate of drug-likeness (QED) is 0.536. The lowest BCUT2D eigenvalue weighted by Crippen LogP contribution is -2.30. The second-order valence-electron chi connectivity index (χ2n) is 7.22. The van der Waals surface area contributed by atoms with Crippen molar-refractivity contribution in [3.05, 3.63) is 70.9 Å². The molecule has 4 rings (SSSR count). The van der Waals surface area contributed by atoms with E-state index in [9.17, 15) is 13.2 Å². The molecular formula is C21H23N3O5S. The van der Waals surface area contributed by atoms with E-state index >= 15 is 0 Å². The third kappa shape index (κ3) is 3.78. The molecule has 0 spiro atoms. The van der Waals surface area contributed by atoms with Crippen molar-refractivity contribution in [3.8, 4) is 0 Å². The highest BCUT2D eigenvalue weighted by Crippen LogP contribution is 2.28. The van der Waals surface area contributed by atoms with Crippen LogP contribution in [-0.4, -0.2) is 35.6 Å². The summed E-state index contributed by atoms with van der Waals surface area (Å²) in [6.07, 6.45) is 4.43. The molecule has 0 saturated carbocycles. The minimum Gasteiger partial charge on any atom is -0.468 e. The first-order valence-corrected chi connectivity index (χ1v) is 11.1. The number of carbonyl (C=O) groups excluding carboxylic acids is 1. The molecule has 8 nitrogen and oxygen atoms in total. The topological polar surface area (TPSA) is 94.6 Å². The van der Waals surface area contributed by atoms with Gasteiger partial charge in [-0.25, -0.2) is 13.2 Å². The number of furan rings is 1. The highest BCUT2D eigenvalue weighted by molar-refractivity contribution is 7.89. The average molecular weight is 429 g/mol. The first-order valence-electron chi connectivity index (χ1n) is 9.64. The van der Waals surface area contributed by atoms with Crippen LogP contribution in [-0.2, 0) is 47.7 Å². The van der Waals surface area contributed by atoms with Gasteiger partial charge in [-0.2, -0.15) is 9.40 Å². The Bertz CT molecular complexity index is 1150. The normalized spacial score (nSPS) is 13.6. The van der Waals surface area contributed by atoms with Gasteiger partial charge in [0.05, 0.1) is 42.6 Å². The number of hydrogen-bond acceptors (Lipinski definition) is 6. The lowest BCUT2D eigenvalue weighted by atomic mass is 10.2. The monoisotopic (exact) mass is 429 g/mol. The van der Waals surface area contributed by atoms with E-state index in [2.05, 4.69) is 9.84 Å². The zero-order valence-electron chi connectivity index (χ0n) is 16.9. The third-order valence-electron chi connectivity index (χ3n) is 5.35. The molecule has 1 aromatic carbocycles. The Morgan fingerprint density at radius 2 is 1.97 bits per heavy atom. The molecule has 2 heterocycles. The van der Waals surface area contributed by atoms with Crippen LogP contribution in [0.2, 0.25) is 0 Å². The number of fused-ring (bicyclic) bond motifs is 1. The lowest BCUT2D eigenvalue weighted by Gasteiger charge is -2.21. The van der Waals surface area contributed by atoms with Crippen molar-refractivity contribution in [1.82, 2.24) is 14.1 Å². The number of rotatable bonds is 7. The van der Waals surface area contributed by atoms with E-state index < -0.39 is 16.0 Å². The van der Waals surface area contributed by atoms with Gasteiger partial charge >= 0.3 is 5.97 Å². The number of esters is 1. The fourth-order valence-corrected chi connectivity index (χ4v) is 5.19. The number of benzene rings is 1. The molecule has 0 atom stereocenters. The molecule has 1 aliphatic carbocycles. The van der Waals surface area contributed by atoms with Crippen LogP contribution in [0.1, 0.15) is 39.5 Å². The lowest BCUT2D eigenvalue weighted by molar-refractivity contribution is 0.0600. The van der Waals surface area contributed by atoms with E-state index in [1.165, 1.54) is 47.6 Å². The maximum Gasteiger partial charge on any atom is 0.337 e. The molecule has 0 N–H and O–H groups in total. The van der Waals surface area contributed by atoms with Crippen LogP contribution in [0.25, 0.3) is 0 Å². The number of aryl methyl sites for hydroxylation is 1. The predicted octanol–water partition coefficient (Wildman–Crippen LogP) is 2.68. The maximum absolute atomic E-state index is 13.5. The Labute approximate surface area is 175 Å². The molecule has 0 fully saturated rings. The third-order valence-corrected chi connectivity index (χ3v) is 7.16. The Kier molecular flexibility index (Phi) is 5.48. The van der Waals surface area contributed by atoms with Gasteiger partial charge in [0.25, 0.3) is 0 Å². The van der Waals surface area contributed by atoms with Crippen molar-refractivity contribution in [2.45, 2.75) is 37.2 Å². The smallest absolute Gasteiger partial charge is 0.337 e. The Hall–Kier alpha value is -2.91. The van der Waals surface area contributed by atoms with Crippen LogP contribution in [0.15, 0.2) is 52.0 Å². The molecule has 0 radical (unpaired) electrons. The summed E-state index contributed by atoms with van der Waals surface area (Å²) in [5.74, 6) is 0.0211. The first-order chi connectivity index (χ1) is 14.4. The Morgan fingerprint density at radius 3 is 2.63 bits per heavy atom. The summed E-state index contributed by atoms with van der Waals surface area (Å²) in [6, 6.07) is 9.19. The van der Waals surface area contributed by atoms with Gasteiger partial charge in [-0.1, -0.05) is 0 Å². The number of ether oxygens (including phenoxy) is 1. The van der Waals surface area contributed by atoms with Crippen LogP contribution >= 0.6 is 0 Å². The highest BCUT2D eigenvalue weighted by atomic mass is 32.2. The average Bonchev–Trinajstić information content (AvgIpc) is 3.48. The summed E-state index contributed by atoms with van der Waals surface area (Å²) in [6.45, 7) is 0.227. The summed E-state index contributed by atoms with van der Waals surface area (Å²) >= 11 is 0. The van der Waals surface area contributed by atoms with E-state index in [0.717, 1.165) is 30.5 Å². The fourth-order valence-electron chi connectivity index (χ4n) is 3.82. The van der Waals surface area contributed by atoms with Gasteiger partial charge in [0.1, 0.15) is 5.76 Å². The fraction of sp³-hybridized carbons (Fsp3) is 0.333. The first kappa shape index (κ1) is 20.4. The number of sulfonamides is 1. The molecule has 3 aromatic rings. The molecule has 9 heteroatoms. The molecule has 2 aromatic heterocycles. The minimum absolute atomic E-state index is 0.0828. The number of carbonyl (C=O) groups is 1. The van der Waals surface area contributed by atoms with Crippen molar-refractivity contribution in [3.63, 3.8) is 0 Å². The van der Waals surface area contributed by atoms with E-state index in [0.29, 0.717) is 5.76 Å². The molecule has 158 valence electrons. The molecule has 0 saturated heterocycles. The van der Waals surface area contributed by atoms with Crippen molar-refractivity contribution in [2.24, 2.45) is 7.05 Å². The number of aromatic nitrogens is 2. The van der Waals surface area contributed by atoms with Crippen LogP contribution in [0.3, 0.4) is 0 Å². The largest absolute Gasteiger partial charge is 0.468 e. The SMILES string of the molecule is COC(=O)c1ccc(S(=O)(=O)N(Cc2ccco2)Cc2nn(C)c3c2CCC3)cc1. The van der Waals surface area contributed by atoms with Crippen molar-refractivity contribution >= 4 is 16.0 Å². The zero-order chi connectivity index (χ0) is 21.3. The molecule has 0 unspecified atom stereocenters. The van der Waals surface area contributed by atoms with Crippen LogP contribution < -0.4 is 0 Å². The summed E-state index contributed by atoms with van der Waals surface area (Å²) in [5.41, 5.74) is 3.36. The Morgan fingerprint density at radius 1 is 1.20 bits per heavy atom. The van der Waals surface area contributed by atoms with Crippen LogP contribution in [0.4, 0.5) is 0 Å². The Balaban J connectivity index is 1.68. The molecule has 0 aliphatic heterocycles. The maximum atomic E-state index is 13.5. The van der Waals surface area contributed by atoms with Crippen LogP contribution in [0.5, 0.6) is 0 Å². The van der Waals surface area contributed by atoms with Crippen molar-refractivity contribution in [2.75, 3.05) is 7.11 Å². The minimum atomic E-state index is -3.86. The molecular weight excluding hydrogens is 406 g/mol. The predicted molar refractivity (Wildman–Crippen MR) is 108 cm³/mol. The number of methoxy groups -OCH3 is 1. The van der Waals surface area contributed by atoms with Crippen molar-refractivity contribution < 1.29 is 22.4 Å². The van der Waals surface area contributed by atoms with Gasteiger partial charge in [0.2, 0.25) is 10.0 Å². The molecule has 0 amide bonds. The van der Waals surface area contributed by atoms with E-state index in [4.69, 9.17) is 4.42 Å². The van der Waals surface area contributed by atoms with E-state index in [1.54, 1.807) is 12.1 Å².